The maximum atomic E-state index is 5.36. The summed E-state index contributed by atoms with van der Waals surface area (Å²) in [7, 11) is 1.72. The quantitative estimate of drug-likeness (QED) is 0.801. The second-order valence-corrected chi connectivity index (χ2v) is 3.92. The van der Waals surface area contributed by atoms with Gasteiger partial charge in [0.2, 0.25) is 0 Å². The minimum Gasteiger partial charge on any atom is -0.496 e. The monoisotopic (exact) mass is 207 g/mol. The van der Waals surface area contributed by atoms with E-state index in [1.54, 1.807) is 7.11 Å². The molecule has 1 rings (SSSR count). The number of methoxy groups -OCH3 is 1. The van der Waals surface area contributed by atoms with E-state index < -0.39 is 0 Å². The fraction of sp³-hybridized carbons (Fsp3) is 0.538. The largest absolute Gasteiger partial charge is 0.496 e. The first kappa shape index (κ1) is 12.1. The summed E-state index contributed by atoms with van der Waals surface area (Å²) in [5.74, 6) is 0.969. The third kappa shape index (κ3) is 3.24. The summed E-state index contributed by atoms with van der Waals surface area (Å²) in [6.07, 6.45) is 1.15. The molecule has 15 heavy (non-hydrogen) atoms. The number of benzene rings is 1. The molecule has 0 aliphatic rings. The van der Waals surface area contributed by atoms with Crippen LogP contribution in [0.15, 0.2) is 18.2 Å². The minimum absolute atomic E-state index is 0.347. The van der Waals surface area contributed by atoms with E-state index in [9.17, 15) is 0 Å². The molecule has 0 aromatic heterocycles. The van der Waals surface area contributed by atoms with Gasteiger partial charge in [0, 0.05) is 11.6 Å². The zero-order valence-electron chi connectivity index (χ0n) is 10.1. The highest BCUT2D eigenvalue weighted by molar-refractivity contribution is 5.38. The molecule has 0 heterocycles. The lowest BCUT2D eigenvalue weighted by Crippen LogP contribution is -2.19. The highest BCUT2D eigenvalue weighted by atomic mass is 16.5. The average Bonchev–Trinajstić information content (AvgIpc) is 2.25. The van der Waals surface area contributed by atoms with Crippen LogP contribution in [0.3, 0.4) is 0 Å². The van der Waals surface area contributed by atoms with Crippen LogP contribution in [-0.2, 0) is 0 Å². The minimum atomic E-state index is 0.347. The molecule has 0 bridgehead atoms. The highest BCUT2D eigenvalue weighted by Gasteiger charge is 2.10. The third-order valence-corrected chi connectivity index (χ3v) is 2.55. The summed E-state index contributed by atoms with van der Waals surface area (Å²) >= 11 is 0. The lowest BCUT2D eigenvalue weighted by atomic mass is 10.0. The third-order valence-electron chi connectivity index (χ3n) is 2.55. The normalized spacial score (nSPS) is 12.5. The molecule has 1 N–H and O–H groups in total. The predicted octanol–water partition coefficient (Wildman–Crippen LogP) is 3.06. The van der Waals surface area contributed by atoms with Gasteiger partial charge in [-0.25, -0.2) is 0 Å². The number of rotatable bonds is 5. The van der Waals surface area contributed by atoms with Crippen molar-refractivity contribution in [2.45, 2.75) is 33.2 Å². The molecule has 1 atom stereocenters. The molecule has 0 radical (unpaired) electrons. The van der Waals surface area contributed by atoms with E-state index in [1.807, 2.05) is 6.07 Å². The molecule has 84 valence electrons. The van der Waals surface area contributed by atoms with Crippen LogP contribution in [0.1, 0.15) is 37.4 Å². The summed E-state index contributed by atoms with van der Waals surface area (Å²) in [5, 5.41) is 3.47. The summed E-state index contributed by atoms with van der Waals surface area (Å²) in [5.41, 5.74) is 2.52. The van der Waals surface area contributed by atoms with E-state index in [0.717, 1.165) is 18.7 Å². The highest BCUT2D eigenvalue weighted by Crippen LogP contribution is 2.25. The van der Waals surface area contributed by atoms with Crippen molar-refractivity contribution in [3.05, 3.63) is 29.3 Å². The number of aryl methyl sites for hydroxylation is 1. The number of hydrogen-bond donors (Lipinski definition) is 1. The lowest BCUT2D eigenvalue weighted by molar-refractivity contribution is 0.401. The lowest BCUT2D eigenvalue weighted by Gasteiger charge is -2.17. The summed E-state index contributed by atoms with van der Waals surface area (Å²) < 4.78 is 5.36. The molecule has 0 aliphatic carbocycles. The van der Waals surface area contributed by atoms with Gasteiger partial charge in [0.05, 0.1) is 7.11 Å². The van der Waals surface area contributed by atoms with Crippen molar-refractivity contribution in [1.29, 1.82) is 0 Å². The van der Waals surface area contributed by atoms with Crippen LogP contribution in [0.4, 0.5) is 0 Å². The Morgan fingerprint density at radius 2 is 2.13 bits per heavy atom. The van der Waals surface area contributed by atoms with Crippen LogP contribution >= 0.6 is 0 Å². The van der Waals surface area contributed by atoms with Crippen molar-refractivity contribution in [3.63, 3.8) is 0 Å². The van der Waals surface area contributed by atoms with Gasteiger partial charge in [0.15, 0.2) is 0 Å². The molecular formula is C13H21NO. The average molecular weight is 207 g/mol. The van der Waals surface area contributed by atoms with E-state index in [-0.39, 0.29) is 0 Å². The van der Waals surface area contributed by atoms with E-state index in [2.05, 4.69) is 38.2 Å². The maximum Gasteiger partial charge on any atom is 0.123 e. The molecule has 0 saturated carbocycles. The topological polar surface area (TPSA) is 21.3 Å². The smallest absolute Gasteiger partial charge is 0.123 e. The zero-order valence-corrected chi connectivity index (χ0v) is 10.1. The van der Waals surface area contributed by atoms with Crippen molar-refractivity contribution in [2.75, 3.05) is 13.7 Å². The first-order chi connectivity index (χ1) is 7.19. The molecule has 0 unspecified atom stereocenters. The van der Waals surface area contributed by atoms with E-state index >= 15 is 0 Å². The fourth-order valence-corrected chi connectivity index (χ4v) is 1.66. The van der Waals surface area contributed by atoms with Crippen LogP contribution in [-0.4, -0.2) is 13.7 Å². The van der Waals surface area contributed by atoms with E-state index in [1.165, 1.54) is 11.1 Å². The van der Waals surface area contributed by atoms with Crippen molar-refractivity contribution in [1.82, 2.24) is 5.32 Å². The Bertz CT molecular complexity index is 309. The zero-order chi connectivity index (χ0) is 11.3. The Morgan fingerprint density at radius 1 is 1.40 bits per heavy atom. The van der Waals surface area contributed by atoms with Crippen molar-refractivity contribution >= 4 is 0 Å². The van der Waals surface area contributed by atoms with Crippen molar-refractivity contribution in [3.8, 4) is 5.75 Å². The van der Waals surface area contributed by atoms with Gasteiger partial charge in [-0.05, 0) is 32.9 Å². The van der Waals surface area contributed by atoms with E-state index in [4.69, 9.17) is 4.74 Å². The Hall–Kier alpha value is -1.02. The Morgan fingerprint density at radius 3 is 2.73 bits per heavy atom. The van der Waals surface area contributed by atoms with Gasteiger partial charge in [-0.15, -0.1) is 0 Å². The Kier molecular flexibility index (Phi) is 4.63. The Labute approximate surface area is 92.6 Å². The molecule has 0 amide bonds. The van der Waals surface area contributed by atoms with Crippen LogP contribution in [0.5, 0.6) is 5.75 Å². The van der Waals surface area contributed by atoms with Crippen molar-refractivity contribution < 1.29 is 4.74 Å². The predicted molar refractivity (Wildman–Crippen MR) is 64.4 cm³/mol. The first-order valence-corrected chi connectivity index (χ1v) is 5.57. The molecular weight excluding hydrogens is 186 g/mol. The van der Waals surface area contributed by atoms with E-state index in [0.29, 0.717) is 6.04 Å². The number of nitrogens with one attached hydrogen (secondary N) is 1. The van der Waals surface area contributed by atoms with Gasteiger partial charge >= 0.3 is 0 Å². The molecule has 0 fully saturated rings. The van der Waals surface area contributed by atoms with Gasteiger partial charge in [-0.2, -0.15) is 0 Å². The summed E-state index contributed by atoms with van der Waals surface area (Å²) in [4.78, 5) is 0. The van der Waals surface area contributed by atoms with Crippen LogP contribution in [0.2, 0.25) is 0 Å². The standard InChI is InChI=1S/C13H21NO/c1-5-8-14-11(3)12-9-10(2)6-7-13(12)15-4/h6-7,9,11,14H,5,8H2,1-4H3/t11-/m0/s1. The molecule has 1 aromatic carbocycles. The summed E-state index contributed by atoms with van der Waals surface area (Å²) in [6.45, 7) is 7.49. The van der Waals surface area contributed by atoms with Crippen molar-refractivity contribution in [2.24, 2.45) is 0 Å². The molecule has 2 heteroatoms. The van der Waals surface area contributed by atoms with Gasteiger partial charge in [0.1, 0.15) is 5.75 Å². The van der Waals surface area contributed by atoms with Gasteiger partial charge in [-0.3, -0.25) is 0 Å². The number of ether oxygens (including phenoxy) is 1. The second kappa shape index (κ2) is 5.76. The second-order valence-electron chi connectivity index (χ2n) is 3.92. The van der Waals surface area contributed by atoms with Crippen LogP contribution < -0.4 is 10.1 Å². The van der Waals surface area contributed by atoms with Crippen LogP contribution in [0.25, 0.3) is 0 Å². The molecule has 1 aromatic rings. The van der Waals surface area contributed by atoms with Gasteiger partial charge in [-0.1, -0.05) is 24.6 Å². The van der Waals surface area contributed by atoms with Gasteiger partial charge in [0.25, 0.3) is 0 Å². The molecule has 0 aliphatic heterocycles. The molecule has 2 nitrogen and oxygen atoms in total. The number of hydrogen-bond acceptors (Lipinski definition) is 2. The Balaban J connectivity index is 2.85. The fourth-order valence-electron chi connectivity index (χ4n) is 1.66. The maximum absolute atomic E-state index is 5.36. The van der Waals surface area contributed by atoms with Crippen LogP contribution in [0, 0.1) is 6.92 Å². The SMILES string of the molecule is CCCN[C@@H](C)c1cc(C)ccc1OC. The summed E-state index contributed by atoms with van der Waals surface area (Å²) in [6, 6.07) is 6.65. The molecule has 0 spiro atoms. The first-order valence-electron chi connectivity index (χ1n) is 5.57. The van der Waals surface area contributed by atoms with Gasteiger partial charge < -0.3 is 10.1 Å². The molecule has 0 saturated heterocycles.